The van der Waals surface area contributed by atoms with Gasteiger partial charge in [-0.05, 0) is 95.7 Å². The van der Waals surface area contributed by atoms with Gasteiger partial charge in [-0.1, -0.05) is 35.3 Å². The quantitative estimate of drug-likeness (QED) is 0.0963. The van der Waals surface area contributed by atoms with Crippen LogP contribution in [0, 0.1) is 0 Å². The average molecular weight is 916 g/mol. The molecular weight excluding hydrogens is 896 g/mol. The van der Waals surface area contributed by atoms with E-state index >= 15 is 0 Å². The van der Waals surface area contributed by atoms with Crippen molar-refractivity contribution in [3.63, 3.8) is 0 Å². The number of fused-ring (bicyclic) bond motifs is 2. The Morgan fingerprint density at radius 3 is 1.05 bits per heavy atom. The first-order valence-electron chi connectivity index (χ1n) is 15.2. The van der Waals surface area contributed by atoms with Crippen LogP contribution in [0.5, 0.6) is 0 Å². The van der Waals surface area contributed by atoms with E-state index in [1.54, 1.807) is 0 Å². The van der Waals surface area contributed by atoms with Gasteiger partial charge in [0.1, 0.15) is 9.79 Å². The van der Waals surface area contributed by atoms with Crippen molar-refractivity contribution in [3.8, 4) is 0 Å². The summed E-state index contributed by atoms with van der Waals surface area (Å²) in [6, 6.07) is 14.4. The van der Waals surface area contributed by atoms with Crippen LogP contribution in [0.1, 0.15) is 31.8 Å². The van der Waals surface area contributed by atoms with Crippen molar-refractivity contribution in [1.82, 2.24) is 0 Å². The Morgan fingerprint density at radius 1 is 0.404 bits per heavy atom. The van der Waals surface area contributed by atoms with E-state index in [-0.39, 0.29) is 31.6 Å². The maximum atomic E-state index is 14.0. The SMILES string of the molecule is O=C(c1cc(S(=O)(=O)O)c2ccc(S(=O)(=O)O)cc2c1)c1cc(S(=O)(=O)c2ccc(Cl)c(C(=O)c3cc(S(=O)(=O)O)c4ccc(S(=O)(=O)O)cc4c3)c2)ccc1Cl. The molecule has 0 aromatic heterocycles. The zero-order valence-corrected chi connectivity index (χ0v) is 33.3. The highest BCUT2D eigenvalue weighted by molar-refractivity contribution is 7.91. The van der Waals surface area contributed by atoms with E-state index in [9.17, 15) is 69.9 Å². The number of benzene rings is 6. The van der Waals surface area contributed by atoms with E-state index in [1.807, 2.05) is 0 Å². The minimum atomic E-state index is -5.06. The molecule has 0 aliphatic rings. The van der Waals surface area contributed by atoms with Gasteiger partial charge in [0.15, 0.2) is 11.6 Å². The summed E-state index contributed by atoms with van der Waals surface area (Å²) in [6.45, 7) is 0. The van der Waals surface area contributed by atoms with Gasteiger partial charge < -0.3 is 0 Å². The van der Waals surface area contributed by atoms with Gasteiger partial charge in [0, 0.05) is 33.0 Å². The first kappa shape index (κ1) is 42.0. The fourth-order valence-corrected chi connectivity index (χ4v) is 10.0. The normalized spacial score (nSPS) is 12.9. The third-order valence-electron chi connectivity index (χ3n) is 8.43. The second-order valence-corrected chi connectivity index (χ2v) is 20.4. The highest BCUT2D eigenvalue weighted by Crippen LogP contribution is 2.34. The molecule has 0 aliphatic carbocycles. The van der Waals surface area contributed by atoms with Gasteiger partial charge in [0.05, 0.1) is 29.6 Å². The third kappa shape index (κ3) is 8.22. The highest BCUT2D eigenvalue weighted by Gasteiger charge is 2.27. The van der Waals surface area contributed by atoms with Crippen molar-refractivity contribution in [2.75, 3.05) is 0 Å². The van der Waals surface area contributed by atoms with Gasteiger partial charge in [0.25, 0.3) is 40.5 Å². The summed E-state index contributed by atoms with van der Waals surface area (Å²) in [5, 5.41) is -1.63. The largest absolute Gasteiger partial charge is 0.295 e. The third-order valence-corrected chi connectivity index (χ3v) is 14.3. The van der Waals surface area contributed by atoms with Crippen molar-refractivity contribution in [1.29, 1.82) is 0 Å². The lowest BCUT2D eigenvalue weighted by molar-refractivity contribution is 0.103. The van der Waals surface area contributed by atoms with Gasteiger partial charge in [-0.15, -0.1) is 0 Å². The number of carbonyl (C=O) groups is 2. The van der Waals surface area contributed by atoms with Crippen molar-refractivity contribution >= 4 is 107 Å². The van der Waals surface area contributed by atoms with Crippen molar-refractivity contribution < 1.29 is 69.9 Å². The Bertz CT molecular complexity index is 3150. The maximum Gasteiger partial charge on any atom is 0.295 e. The zero-order chi connectivity index (χ0) is 42.2. The standard InChI is InChI=1S/C34H20Cl2O16S5/c35-29-7-3-21(15-27(29)33(37)19-9-17-11-23(54(41,42)43)1-5-25(17)31(13-19)56(47,48)49)53(39,40)22-4-8-30(36)28(16-22)34(38)20-10-18-12-24(55(44,45)46)2-6-26(18)32(14-20)57(50,51)52/h1-16H,(H,41,42,43)(H,44,45,46)(H,47,48,49)(H,50,51,52). The van der Waals surface area contributed by atoms with Gasteiger partial charge >= 0.3 is 0 Å². The molecule has 0 saturated heterocycles. The molecule has 0 saturated carbocycles. The van der Waals surface area contributed by atoms with Gasteiger partial charge in [-0.3, -0.25) is 27.8 Å². The summed E-state index contributed by atoms with van der Waals surface area (Å²) >= 11 is 12.6. The predicted molar refractivity (Wildman–Crippen MR) is 202 cm³/mol. The van der Waals surface area contributed by atoms with E-state index in [2.05, 4.69) is 0 Å². The number of carbonyl (C=O) groups excluding carboxylic acids is 2. The lowest BCUT2D eigenvalue weighted by Crippen LogP contribution is -2.10. The number of ketones is 2. The van der Waals surface area contributed by atoms with Crippen molar-refractivity contribution in [2.24, 2.45) is 0 Å². The Balaban J connectivity index is 1.45. The fourth-order valence-electron chi connectivity index (χ4n) is 5.77. The summed E-state index contributed by atoms with van der Waals surface area (Å²) in [5.74, 6) is -2.20. The first-order valence-corrected chi connectivity index (χ1v) is 23.2. The number of hydrogen-bond acceptors (Lipinski definition) is 12. The molecule has 0 spiro atoms. The second kappa shape index (κ2) is 14.3. The molecule has 0 amide bonds. The molecular formula is C34H20Cl2O16S5. The van der Waals surface area contributed by atoms with Crippen LogP contribution >= 0.6 is 23.2 Å². The first-order chi connectivity index (χ1) is 26.2. The minimum Gasteiger partial charge on any atom is -0.289 e. The molecule has 23 heteroatoms. The summed E-state index contributed by atoms with van der Waals surface area (Å²) in [7, 11) is -24.5. The van der Waals surface area contributed by atoms with E-state index in [0.717, 1.165) is 97.1 Å². The smallest absolute Gasteiger partial charge is 0.289 e. The Hall–Kier alpha value is -4.65. The van der Waals surface area contributed by atoms with Crippen LogP contribution in [-0.4, -0.2) is 71.9 Å². The molecule has 0 heterocycles. The molecule has 0 unspecified atom stereocenters. The molecule has 16 nitrogen and oxygen atoms in total. The average Bonchev–Trinajstić information content (AvgIpc) is 3.11. The second-order valence-electron chi connectivity index (χ2n) is 12.1. The topological polar surface area (TPSA) is 286 Å². The fraction of sp³-hybridized carbons (Fsp3) is 0. The summed E-state index contributed by atoms with van der Waals surface area (Å²) in [5.41, 5.74) is -2.07. The van der Waals surface area contributed by atoms with Crippen molar-refractivity contribution in [3.05, 3.63) is 129 Å². The molecule has 0 aliphatic heterocycles. The van der Waals surface area contributed by atoms with Crippen LogP contribution in [0.25, 0.3) is 21.5 Å². The van der Waals surface area contributed by atoms with E-state index in [1.165, 1.54) is 0 Å². The number of rotatable bonds is 10. The van der Waals surface area contributed by atoms with Crippen LogP contribution in [0.2, 0.25) is 10.0 Å². The minimum absolute atomic E-state index is 0.238. The maximum absolute atomic E-state index is 14.0. The monoisotopic (exact) mass is 914 g/mol. The Labute approximate surface area is 333 Å². The Morgan fingerprint density at radius 2 is 0.737 bits per heavy atom. The molecule has 0 bridgehead atoms. The molecule has 6 aromatic carbocycles. The number of halogens is 2. The number of hydrogen-bond donors (Lipinski definition) is 4. The molecule has 4 N–H and O–H groups in total. The van der Waals surface area contributed by atoms with E-state index in [4.69, 9.17) is 23.2 Å². The predicted octanol–water partition coefficient (Wildman–Crippen LogP) is 5.58. The van der Waals surface area contributed by atoms with Gasteiger partial charge in [-0.25, -0.2) is 8.42 Å². The molecule has 0 atom stereocenters. The van der Waals surface area contributed by atoms with Gasteiger partial charge in [-0.2, -0.15) is 33.7 Å². The summed E-state index contributed by atoms with van der Waals surface area (Å²) in [4.78, 5) is 23.4. The van der Waals surface area contributed by atoms with Crippen LogP contribution < -0.4 is 0 Å². The lowest BCUT2D eigenvalue weighted by Gasteiger charge is -2.13. The molecule has 57 heavy (non-hydrogen) atoms. The molecule has 6 aromatic rings. The van der Waals surface area contributed by atoms with Crippen LogP contribution in [0.4, 0.5) is 0 Å². The molecule has 296 valence electrons. The molecule has 6 rings (SSSR count). The Kier molecular flexibility index (Phi) is 10.5. The van der Waals surface area contributed by atoms with Crippen molar-refractivity contribution in [2.45, 2.75) is 29.4 Å². The highest BCUT2D eigenvalue weighted by atomic mass is 35.5. The molecule has 0 radical (unpaired) electrons. The number of sulfone groups is 1. The zero-order valence-electron chi connectivity index (χ0n) is 27.7. The van der Waals surface area contributed by atoms with Crippen LogP contribution in [0.15, 0.2) is 126 Å². The lowest BCUT2D eigenvalue weighted by atomic mass is 9.99. The van der Waals surface area contributed by atoms with Crippen LogP contribution in [-0.2, 0) is 50.3 Å². The van der Waals surface area contributed by atoms with Crippen LogP contribution in [0.3, 0.4) is 0 Å². The van der Waals surface area contributed by atoms with Gasteiger partial charge in [0.2, 0.25) is 9.84 Å². The molecule has 0 fully saturated rings. The van der Waals surface area contributed by atoms with E-state index in [0.29, 0.717) is 0 Å². The van der Waals surface area contributed by atoms with E-state index < -0.39 is 114 Å². The summed E-state index contributed by atoms with van der Waals surface area (Å²) in [6.07, 6.45) is 0. The summed E-state index contributed by atoms with van der Waals surface area (Å²) < 4.78 is 163.